The molecule has 0 unspecified atom stereocenters. The molecule has 0 spiro atoms. The summed E-state index contributed by atoms with van der Waals surface area (Å²) in [5, 5.41) is 22.5. The molecule has 3 rings (SSSR count). The third kappa shape index (κ3) is 1.79. The van der Waals surface area contributed by atoms with Crippen LogP contribution in [0.3, 0.4) is 0 Å². The average molecular weight is 270 g/mol. The largest absolute Gasteiger partial charge is 0.288 e. The topological polar surface area (TPSA) is 112 Å². The van der Waals surface area contributed by atoms with Crippen molar-refractivity contribution in [3.05, 3.63) is 56.9 Å². The van der Waals surface area contributed by atoms with Crippen LogP contribution in [0.2, 0.25) is 0 Å². The first-order valence-corrected chi connectivity index (χ1v) is 5.53. The summed E-state index contributed by atoms with van der Waals surface area (Å²) in [4.78, 5) is 28.4. The summed E-state index contributed by atoms with van der Waals surface area (Å²) < 4.78 is 0. The molecule has 0 saturated carbocycles. The van der Waals surface area contributed by atoms with Gasteiger partial charge in [-0.3, -0.25) is 20.2 Å². The quantitative estimate of drug-likeness (QED) is 0.402. The number of rotatable bonds is 2. The van der Waals surface area contributed by atoms with E-state index in [1.54, 1.807) is 12.1 Å². The number of hydrogen-bond acceptors (Lipinski definition) is 6. The molecule has 0 bridgehead atoms. The number of fused-ring (bicyclic) bond motifs is 3. The van der Waals surface area contributed by atoms with Gasteiger partial charge < -0.3 is 0 Å². The Morgan fingerprint density at radius 3 is 1.55 bits per heavy atom. The van der Waals surface area contributed by atoms with E-state index >= 15 is 0 Å². The average Bonchev–Trinajstić information content (AvgIpc) is 2.45. The number of nitro groups is 2. The first-order valence-electron chi connectivity index (χ1n) is 5.53. The summed E-state index contributed by atoms with van der Waals surface area (Å²) in [6.07, 6.45) is 2.29. The van der Waals surface area contributed by atoms with E-state index in [0.717, 1.165) is 12.4 Å². The molecule has 0 N–H and O–H groups in total. The Bertz CT molecular complexity index is 805. The fraction of sp³-hybridized carbons (Fsp3) is 0. The zero-order valence-electron chi connectivity index (χ0n) is 9.89. The van der Waals surface area contributed by atoms with Crippen LogP contribution in [0.5, 0.6) is 0 Å². The number of benzene rings is 1. The molecule has 8 heteroatoms. The third-order valence-electron chi connectivity index (χ3n) is 2.89. The second-order valence-electron chi connectivity index (χ2n) is 4.11. The van der Waals surface area contributed by atoms with Crippen LogP contribution >= 0.6 is 0 Å². The molecule has 0 aliphatic rings. The van der Waals surface area contributed by atoms with Gasteiger partial charge in [0.15, 0.2) is 0 Å². The number of nitrogens with zero attached hydrogens (tertiary/aromatic N) is 4. The smallest absolute Gasteiger partial charge is 0.258 e. The summed E-state index contributed by atoms with van der Waals surface area (Å²) in [6.45, 7) is 0. The summed E-state index contributed by atoms with van der Waals surface area (Å²) in [7, 11) is 0. The fourth-order valence-corrected chi connectivity index (χ4v) is 1.97. The molecule has 2 heterocycles. The second-order valence-corrected chi connectivity index (χ2v) is 4.11. The zero-order chi connectivity index (χ0) is 14.3. The molecule has 0 atom stereocenters. The van der Waals surface area contributed by atoms with Crippen molar-refractivity contribution in [1.29, 1.82) is 0 Å². The Hall–Kier alpha value is -3.16. The molecule has 0 amide bonds. The van der Waals surface area contributed by atoms with Gasteiger partial charge in [0.1, 0.15) is 12.4 Å². The van der Waals surface area contributed by atoms with Crippen molar-refractivity contribution in [2.75, 3.05) is 0 Å². The molecule has 8 nitrogen and oxygen atoms in total. The molecule has 2 aromatic heterocycles. The molecule has 0 fully saturated rings. The second kappa shape index (κ2) is 4.19. The lowest BCUT2D eigenvalue weighted by Crippen LogP contribution is -1.93. The Labute approximate surface area is 111 Å². The number of pyridine rings is 2. The monoisotopic (exact) mass is 270 g/mol. The summed E-state index contributed by atoms with van der Waals surface area (Å²) in [6, 6.07) is 6.04. The van der Waals surface area contributed by atoms with E-state index in [1.807, 2.05) is 0 Å². The molecule has 0 aliphatic heterocycles. The number of hydrogen-bond donors (Lipinski definition) is 0. The number of aromatic nitrogens is 2. The highest BCUT2D eigenvalue weighted by Crippen LogP contribution is 2.26. The summed E-state index contributed by atoms with van der Waals surface area (Å²) >= 11 is 0. The van der Waals surface area contributed by atoms with Crippen molar-refractivity contribution in [3.8, 4) is 0 Å². The van der Waals surface area contributed by atoms with Crippen LogP contribution in [0.25, 0.3) is 21.8 Å². The van der Waals surface area contributed by atoms with Crippen LogP contribution in [-0.2, 0) is 0 Å². The Balaban J connectivity index is 2.31. The van der Waals surface area contributed by atoms with Gasteiger partial charge in [0.25, 0.3) is 11.4 Å². The van der Waals surface area contributed by atoms with Crippen molar-refractivity contribution < 1.29 is 9.85 Å². The van der Waals surface area contributed by atoms with E-state index in [0.29, 0.717) is 21.8 Å². The van der Waals surface area contributed by atoms with Crippen LogP contribution in [0, 0.1) is 20.2 Å². The van der Waals surface area contributed by atoms with Crippen LogP contribution in [0.1, 0.15) is 0 Å². The van der Waals surface area contributed by atoms with Crippen molar-refractivity contribution in [2.24, 2.45) is 0 Å². The van der Waals surface area contributed by atoms with E-state index in [4.69, 9.17) is 0 Å². The lowest BCUT2D eigenvalue weighted by atomic mass is 10.1. The van der Waals surface area contributed by atoms with Gasteiger partial charge >= 0.3 is 0 Å². The normalized spacial score (nSPS) is 10.8. The van der Waals surface area contributed by atoms with E-state index in [9.17, 15) is 20.2 Å². The van der Waals surface area contributed by atoms with Gasteiger partial charge in [-0.25, -0.2) is 9.97 Å². The van der Waals surface area contributed by atoms with Crippen molar-refractivity contribution in [1.82, 2.24) is 9.97 Å². The molecule has 20 heavy (non-hydrogen) atoms. The van der Waals surface area contributed by atoms with Gasteiger partial charge in [0.2, 0.25) is 0 Å². The van der Waals surface area contributed by atoms with Crippen molar-refractivity contribution in [2.45, 2.75) is 0 Å². The van der Waals surface area contributed by atoms with Gasteiger partial charge in [-0.05, 0) is 0 Å². The zero-order valence-corrected chi connectivity index (χ0v) is 9.89. The Morgan fingerprint density at radius 2 is 1.20 bits per heavy atom. The SMILES string of the molecule is O=[N+]([O-])c1cnc2c(ccc3cc([N+](=O)[O-])cnc32)c1. The minimum Gasteiger partial charge on any atom is -0.258 e. The molecule has 1 aromatic carbocycles. The highest BCUT2D eigenvalue weighted by atomic mass is 16.6. The van der Waals surface area contributed by atoms with Gasteiger partial charge in [-0.2, -0.15) is 0 Å². The van der Waals surface area contributed by atoms with Gasteiger partial charge in [-0.15, -0.1) is 0 Å². The highest BCUT2D eigenvalue weighted by Gasteiger charge is 2.12. The molecule has 0 saturated heterocycles. The fourth-order valence-electron chi connectivity index (χ4n) is 1.97. The summed E-state index contributed by atoms with van der Waals surface area (Å²) in [5.74, 6) is 0. The Kier molecular flexibility index (Phi) is 2.50. The molecular formula is C12H6N4O4. The molecule has 0 aliphatic carbocycles. The summed E-state index contributed by atoms with van der Waals surface area (Å²) in [5.41, 5.74) is 0.725. The minimum absolute atomic E-state index is 0.112. The van der Waals surface area contributed by atoms with E-state index in [-0.39, 0.29) is 11.4 Å². The molecular weight excluding hydrogens is 264 g/mol. The van der Waals surface area contributed by atoms with Crippen LogP contribution in [0.4, 0.5) is 11.4 Å². The molecule has 98 valence electrons. The van der Waals surface area contributed by atoms with Gasteiger partial charge in [0.05, 0.1) is 20.9 Å². The standard InChI is InChI=1S/C12H6N4O4/c17-15(18)9-3-7-1-2-8-4-10(16(19)20)6-14-12(8)11(7)13-5-9/h1-6H. The van der Waals surface area contributed by atoms with Crippen molar-refractivity contribution >= 4 is 33.2 Å². The van der Waals surface area contributed by atoms with Gasteiger partial charge in [0, 0.05) is 22.9 Å². The molecule has 0 radical (unpaired) electrons. The van der Waals surface area contributed by atoms with E-state index in [2.05, 4.69) is 9.97 Å². The predicted molar refractivity (Wildman–Crippen MR) is 70.4 cm³/mol. The highest BCUT2D eigenvalue weighted by molar-refractivity contribution is 6.03. The maximum Gasteiger partial charge on any atom is 0.288 e. The molecule has 3 aromatic rings. The maximum absolute atomic E-state index is 10.7. The van der Waals surface area contributed by atoms with Crippen LogP contribution in [-0.4, -0.2) is 19.8 Å². The lowest BCUT2D eigenvalue weighted by Gasteiger charge is -2.02. The Morgan fingerprint density at radius 1 is 0.800 bits per heavy atom. The van der Waals surface area contributed by atoms with Crippen LogP contribution < -0.4 is 0 Å². The lowest BCUT2D eigenvalue weighted by molar-refractivity contribution is -0.385. The first-order chi connectivity index (χ1) is 9.56. The van der Waals surface area contributed by atoms with E-state index < -0.39 is 9.85 Å². The van der Waals surface area contributed by atoms with Crippen molar-refractivity contribution in [3.63, 3.8) is 0 Å². The first kappa shape index (κ1) is 11.9. The minimum atomic E-state index is -0.528. The van der Waals surface area contributed by atoms with Gasteiger partial charge in [-0.1, -0.05) is 12.1 Å². The van der Waals surface area contributed by atoms with Crippen LogP contribution in [0.15, 0.2) is 36.7 Å². The predicted octanol–water partition coefficient (Wildman–Crippen LogP) is 2.60. The third-order valence-corrected chi connectivity index (χ3v) is 2.89. The maximum atomic E-state index is 10.7. The van der Waals surface area contributed by atoms with E-state index in [1.165, 1.54) is 12.1 Å².